The predicted octanol–water partition coefficient (Wildman–Crippen LogP) is 5.92. The molecule has 1 saturated carbocycles. The van der Waals surface area contributed by atoms with E-state index in [-0.39, 0.29) is 35.5 Å². The van der Waals surface area contributed by atoms with Crippen LogP contribution in [0.25, 0.3) is 0 Å². The van der Waals surface area contributed by atoms with Crippen molar-refractivity contribution in [3.63, 3.8) is 0 Å². The van der Waals surface area contributed by atoms with Crippen LogP contribution in [0.1, 0.15) is 40.7 Å². The molecule has 1 atom stereocenters. The monoisotopic (exact) mass is 497 g/mol. The van der Waals surface area contributed by atoms with E-state index < -0.39 is 11.4 Å². The van der Waals surface area contributed by atoms with Crippen LogP contribution < -0.4 is 16.0 Å². The minimum Gasteiger partial charge on any atom is -0.367 e. The van der Waals surface area contributed by atoms with Gasteiger partial charge in [0.2, 0.25) is 0 Å². The summed E-state index contributed by atoms with van der Waals surface area (Å²) in [6.07, 6.45) is 3.13. The number of anilines is 2. The van der Waals surface area contributed by atoms with Gasteiger partial charge >= 0.3 is 0 Å². The molecule has 0 aromatic heterocycles. The first-order chi connectivity index (χ1) is 16.3. The fourth-order valence-electron chi connectivity index (χ4n) is 4.50. The third-order valence-corrected chi connectivity index (χ3v) is 6.92. The van der Waals surface area contributed by atoms with Crippen LogP contribution in [-0.4, -0.2) is 17.9 Å². The van der Waals surface area contributed by atoms with E-state index in [4.69, 9.17) is 23.2 Å². The maximum absolute atomic E-state index is 14.4. The summed E-state index contributed by atoms with van der Waals surface area (Å²) in [5.41, 5.74) is 1.20. The smallest absolute Gasteiger partial charge is 0.255 e. The van der Waals surface area contributed by atoms with Crippen LogP contribution in [-0.2, 0) is 16.8 Å². The van der Waals surface area contributed by atoms with Crippen LogP contribution in [0.5, 0.6) is 0 Å². The number of carbonyl (C=O) groups excluding carboxylic acids is 2. The zero-order valence-corrected chi connectivity index (χ0v) is 19.6. The number of amides is 2. The molecule has 174 valence electrons. The summed E-state index contributed by atoms with van der Waals surface area (Å²) < 4.78 is 14.4. The lowest BCUT2D eigenvalue weighted by atomic mass is 9.84. The zero-order chi connectivity index (χ0) is 23.9. The predicted molar refractivity (Wildman–Crippen MR) is 132 cm³/mol. The topological polar surface area (TPSA) is 70.2 Å². The van der Waals surface area contributed by atoms with E-state index in [1.54, 1.807) is 36.4 Å². The number of hydrogen-bond donors (Lipinski definition) is 3. The highest BCUT2D eigenvalue weighted by Crippen LogP contribution is 2.43. The van der Waals surface area contributed by atoms with Crippen molar-refractivity contribution >= 4 is 46.4 Å². The largest absolute Gasteiger partial charge is 0.367 e. The van der Waals surface area contributed by atoms with Crippen LogP contribution in [0, 0.1) is 5.82 Å². The Labute approximate surface area is 206 Å². The quantitative estimate of drug-likeness (QED) is 0.396. The Morgan fingerprint density at radius 1 is 1.06 bits per heavy atom. The molecular formula is C26H22Cl2FN3O2. The average molecular weight is 498 g/mol. The van der Waals surface area contributed by atoms with Crippen LogP contribution in [0.3, 0.4) is 0 Å². The average Bonchev–Trinajstić information content (AvgIpc) is 3.01. The molecule has 1 fully saturated rings. The van der Waals surface area contributed by atoms with Gasteiger partial charge in [-0.15, -0.1) is 0 Å². The minimum atomic E-state index is -1.32. The van der Waals surface area contributed by atoms with E-state index in [0.29, 0.717) is 21.3 Å². The molecule has 3 aromatic rings. The molecule has 0 spiro atoms. The lowest BCUT2D eigenvalue weighted by molar-refractivity contribution is -0.119. The molecule has 0 bridgehead atoms. The Morgan fingerprint density at radius 2 is 1.85 bits per heavy atom. The maximum atomic E-state index is 14.4. The van der Waals surface area contributed by atoms with Gasteiger partial charge in [0.25, 0.3) is 11.8 Å². The van der Waals surface area contributed by atoms with E-state index in [1.807, 2.05) is 6.07 Å². The summed E-state index contributed by atoms with van der Waals surface area (Å²) in [6, 6.07) is 16.4. The Kier molecular flexibility index (Phi) is 5.96. The summed E-state index contributed by atoms with van der Waals surface area (Å²) in [5, 5.41) is 10.1. The molecule has 5 nitrogen and oxygen atoms in total. The number of hydrogen-bond acceptors (Lipinski definition) is 3. The van der Waals surface area contributed by atoms with Gasteiger partial charge in [0.1, 0.15) is 11.4 Å². The SMILES string of the molecule is O=C(NC1CCC1)c1ccc(F)cc1NC1(Cc2cccc(Cl)c2)C(=O)Nc2cc(Cl)ccc21. The molecule has 34 heavy (non-hydrogen) atoms. The molecule has 1 heterocycles. The lowest BCUT2D eigenvalue weighted by Crippen LogP contribution is -2.45. The van der Waals surface area contributed by atoms with Gasteiger partial charge in [-0.2, -0.15) is 0 Å². The molecule has 0 radical (unpaired) electrons. The van der Waals surface area contributed by atoms with Crippen LogP contribution >= 0.6 is 23.2 Å². The molecule has 3 N–H and O–H groups in total. The van der Waals surface area contributed by atoms with E-state index in [0.717, 1.165) is 24.8 Å². The van der Waals surface area contributed by atoms with Crippen molar-refractivity contribution in [2.75, 3.05) is 10.6 Å². The second-order valence-corrected chi connectivity index (χ2v) is 9.65. The molecule has 8 heteroatoms. The van der Waals surface area contributed by atoms with Gasteiger partial charge in [0.15, 0.2) is 0 Å². The number of fused-ring (bicyclic) bond motifs is 1. The van der Waals surface area contributed by atoms with Gasteiger partial charge in [0.05, 0.1) is 11.3 Å². The van der Waals surface area contributed by atoms with Gasteiger partial charge in [-0.25, -0.2) is 4.39 Å². The van der Waals surface area contributed by atoms with Gasteiger partial charge in [-0.3, -0.25) is 9.59 Å². The Bertz CT molecular complexity index is 1290. The summed E-state index contributed by atoms with van der Waals surface area (Å²) in [5.74, 6) is -1.16. The molecule has 1 unspecified atom stereocenters. The zero-order valence-electron chi connectivity index (χ0n) is 18.1. The van der Waals surface area contributed by atoms with Crippen molar-refractivity contribution in [3.8, 4) is 0 Å². The lowest BCUT2D eigenvalue weighted by Gasteiger charge is -2.32. The standard InChI is InChI=1S/C26H22Cl2FN3O2/c27-16-4-1-3-15(11-16)14-26(21-10-7-17(28)12-23(21)31-25(26)34)32-22-13-18(29)8-9-20(22)24(33)30-19-5-2-6-19/h1,3-4,7-13,19,32H,2,5-6,14H2,(H,30,33)(H,31,34). The second-order valence-electron chi connectivity index (χ2n) is 8.77. The molecule has 0 saturated heterocycles. The van der Waals surface area contributed by atoms with Crippen molar-refractivity contribution in [1.29, 1.82) is 0 Å². The maximum Gasteiger partial charge on any atom is 0.255 e. The van der Waals surface area contributed by atoms with Crippen LogP contribution in [0.4, 0.5) is 15.8 Å². The van der Waals surface area contributed by atoms with E-state index in [2.05, 4.69) is 16.0 Å². The van der Waals surface area contributed by atoms with Crippen molar-refractivity contribution in [1.82, 2.24) is 5.32 Å². The third-order valence-electron chi connectivity index (χ3n) is 6.45. The van der Waals surface area contributed by atoms with Gasteiger partial charge < -0.3 is 16.0 Å². The first-order valence-electron chi connectivity index (χ1n) is 11.1. The Hall–Kier alpha value is -3.09. The molecule has 2 amide bonds. The normalized spacial score (nSPS) is 19.2. The number of benzene rings is 3. The number of carbonyl (C=O) groups is 2. The highest BCUT2D eigenvalue weighted by molar-refractivity contribution is 6.31. The summed E-state index contributed by atoms with van der Waals surface area (Å²) >= 11 is 12.4. The van der Waals surface area contributed by atoms with Gasteiger partial charge in [-0.1, -0.05) is 41.4 Å². The van der Waals surface area contributed by atoms with Gasteiger partial charge in [0, 0.05) is 33.8 Å². The first kappa shape index (κ1) is 22.7. The number of nitrogens with one attached hydrogen (secondary N) is 3. The van der Waals surface area contributed by atoms with Crippen LogP contribution in [0.15, 0.2) is 60.7 Å². The van der Waals surface area contributed by atoms with Gasteiger partial charge in [-0.05, 0) is 67.3 Å². The molecule has 2 aliphatic rings. The number of rotatable bonds is 6. The third kappa shape index (κ3) is 4.24. The number of halogens is 3. The Balaban J connectivity index is 1.60. The summed E-state index contributed by atoms with van der Waals surface area (Å²) in [7, 11) is 0. The summed E-state index contributed by atoms with van der Waals surface area (Å²) in [4.78, 5) is 26.5. The van der Waals surface area contributed by atoms with Crippen molar-refractivity contribution < 1.29 is 14.0 Å². The highest BCUT2D eigenvalue weighted by Gasteiger charge is 2.47. The fourth-order valence-corrected chi connectivity index (χ4v) is 4.89. The summed E-state index contributed by atoms with van der Waals surface area (Å²) in [6.45, 7) is 0. The molecule has 1 aliphatic heterocycles. The van der Waals surface area contributed by atoms with Crippen molar-refractivity contribution in [2.45, 2.75) is 37.3 Å². The first-order valence-corrected chi connectivity index (χ1v) is 11.8. The van der Waals surface area contributed by atoms with Crippen molar-refractivity contribution in [3.05, 3.63) is 93.2 Å². The fraction of sp³-hybridized carbons (Fsp3) is 0.231. The molecule has 3 aromatic carbocycles. The molecular weight excluding hydrogens is 476 g/mol. The minimum absolute atomic E-state index is 0.114. The highest BCUT2D eigenvalue weighted by atomic mass is 35.5. The molecule has 5 rings (SSSR count). The van der Waals surface area contributed by atoms with E-state index in [9.17, 15) is 14.0 Å². The van der Waals surface area contributed by atoms with E-state index >= 15 is 0 Å². The van der Waals surface area contributed by atoms with Crippen LogP contribution in [0.2, 0.25) is 10.0 Å². The Morgan fingerprint density at radius 3 is 2.59 bits per heavy atom. The molecule has 1 aliphatic carbocycles. The second kappa shape index (κ2) is 8.93. The van der Waals surface area contributed by atoms with Crippen molar-refractivity contribution in [2.24, 2.45) is 0 Å². The van der Waals surface area contributed by atoms with E-state index in [1.165, 1.54) is 18.2 Å².